The van der Waals surface area contributed by atoms with Crippen molar-refractivity contribution in [3.05, 3.63) is 71.0 Å². The van der Waals surface area contributed by atoms with Crippen LogP contribution in [-0.4, -0.2) is 56.1 Å². The van der Waals surface area contributed by atoms with Gasteiger partial charge in [0, 0.05) is 13.3 Å². The molecular weight excluding hydrogens is 636 g/mol. The number of hydrogen-bond donors (Lipinski definition) is 0. The lowest BCUT2D eigenvalue weighted by Crippen LogP contribution is -2.04. The fourth-order valence-corrected chi connectivity index (χ4v) is 3.04. The van der Waals surface area contributed by atoms with Crippen LogP contribution in [0, 0.1) is 0 Å². The number of carbonyl (C=O) groups excluding carboxylic acids is 6. The Bertz CT molecular complexity index is 1410. The maximum atomic E-state index is 11.4. The molecule has 0 saturated carbocycles. The van der Waals surface area contributed by atoms with Crippen molar-refractivity contribution >= 4 is 36.3 Å². The second kappa shape index (κ2) is 23.9. The number of esters is 5. The lowest BCUT2D eigenvalue weighted by Gasteiger charge is -2.00. The zero-order valence-corrected chi connectivity index (χ0v) is 27.7. The average Bonchev–Trinajstić information content (AvgIpc) is 3.88. The van der Waals surface area contributed by atoms with Gasteiger partial charge >= 0.3 is 29.8 Å². The molecule has 0 atom stereocenters. The van der Waals surface area contributed by atoms with E-state index in [-0.39, 0.29) is 43.1 Å². The lowest BCUT2D eigenvalue weighted by atomic mass is 10.4. The molecule has 0 fully saturated rings. The molecule has 264 valence electrons. The van der Waals surface area contributed by atoms with E-state index in [0.29, 0.717) is 50.0 Å². The Kier molecular flexibility index (Phi) is 20.3. The topological polar surface area (TPSA) is 197 Å². The first-order valence-corrected chi connectivity index (χ1v) is 15.2. The molecule has 3 aromatic heterocycles. The van der Waals surface area contributed by atoms with Crippen LogP contribution in [0.3, 0.4) is 0 Å². The maximum Gasteiger partial charge on any atom is 0.374 e. The molecule has 15 heteroatoms. The minimum atomic E-state index is -0.505. The quantitative estimate of drug-likeness (QED) is 0.0952. The number of rotatable bonds is 17. The minimum absolute atomic E-state index is 0.0184. The third kappa shape index (κ3) is 16.8. The number of furan rings is 3. The van der Waals surface area contributed by atoms with E-state index in [2.05, 4.69) is 4.74 Å². The summed E-state index contributed by atoms with van der Waals surface area (Å²) in [5, 5.41) is 0. The van der Waals surface area contributed by atoms with Crippen LogP contribution in [0.2, 0.25) is 0 Å². The summed E-state index contributed by atoms with van der Waals surface area (Å²) in [6, 6.07) is 9.22. The minimum Gasteiger partial charge on any atom is -0.460 e. The third-order valence-corrected chi connectivity index (χ3v) is 5.28. The van der Waals surface area contributed by atoms with Crippen molar-refractivity contribution < 1.29 is 70.4 Å². The Morgan fingerprint density at radius 2 is 0.938 bits per heavy atom. The smallest absolute Gasteiger partial charge is 0.374 e. The van der Waals surface area contributed by atoms with E-state index >= 15 is 0 Å². The van der Waals surface area contributed by atoms with Crippen molar-refractivity contribution in [2.24, 2.45) is 0 Å². The summed E-state index contributed by atoms with van der Waals surface area (Å²) in [7, 11) is 0. The molecule has 0 unspecified atom stereocenters. The normalized spacial score (nSPS) is 9.85. The van der Waals surface area contributed by atoms with E-state index in [1.165, 1.54) is 25.1 Å². The molecule has 0 amide bonds. The average molecular weight is 679 g/mol. The summed E-state index contributed by atoms with van der Waals surface area (Å²) in [5.41, 5.74) is 0. The molecule has 3 rings (SSSR count). The van der Waals surface area contributed by atoms with Crippen molar-refractivity contribution in [3.8, 4) is 0 Å². The van der Waals surface area contributed by atoms with Crippen molar-refractivity contribution in [2.45, 2.75) is 80.1 Å². The SMILES string of the molecule is CCCOC(=O)c1ccc(COC(=O)CC)o1.CCCOC(=O)c1ccc(COC(C)=O)o1.CCCOC(=O)c1ccc(COC=O)o1. The van der Waals surface area contributed by atoms with E-state index in [9.17, 15) is 28.8 Å². The molecule has 0 radical (unpaired) electrons. The number of carbonyl (C=O) groups is 6. The second-order valence-corrected chi connectivity index (χ2v) is 9.41. The van der Waals surface area contributed by atoms with E-state index in [4.69, 9.17) is 36.9 Å². The fourth-order valence-electron chi connectivity index (χ4n) is 3.04. The van der Waals surface area contributed by atoms with Crippen LogP contribution in [-0.2, 0) is 62.6 Å². The molecule has 3 aromatic rings. The molecule has 0 aliphatic rings. The largest absolute Gasteiger partial charge is 0.460 e. The molecule has 0 aromatic carbocycles. The molecule has 0 spiro atoms. The third-order valence-electron chi connectivity index (χ3n) is 5.28. The van der Waals surface area contributed by atoms with Crippen molar-refractivity contribution in [2.75, 3.05) is 19.8 Å². The molecule has 0 aliphatic heterocycles. The zero-order valence-electron chi connectivity index (χ0n) is 27.7. The van der Waals surface area contributed by atoms with Gasteiger partial charge in [0.05, 0.1) is 19.8 Å². The van der Waals surface area contributed by atoms with Gasteiger partial charge in [-0.05, 0) is 55.7 Å². The molecule has 48 heavy (non-hydrogen) atoms. The Balaban J connectivity index is 0.000000361. The van der Waals surface area contributed by atoms with Gasteiger partial charge in [-0.3, -0.25) is 14.4 Å². The van der Waals surface area contributed by atoms with Gasteiger partial charge in [-0.1, -0.05) is 27.7 Å². The number of ether oxygens (including phenoxy) is 6. The van der Waals surface area contributed by atoms with E-state index in [1.54, 1.807) is 25.1 Å². The fraction of sp³-hybridized carbons (Fsp3) is 0.455. The van der Waals surface area contributed by atoms with Gasteiger partial charge in [0.1, 0.15) is 37.1 Å². The second-order valence-electron chi connectivity index (χ2n) is 9.41. The number of hydrogen-bond acceptors (Lipinski definition) is 15. The van der Waals surface area contributed by atoms with Gasteiger partial charge in [-0.25, -0.2) is 14.4 Å². The highest BCUT2D eigenvalue weighted by atomic mass is 16.6. The van der Waals surface area contributed by atoms with Crippen LogP contribution >= 0.6 is 0 Å². The van der Waals surface area contributed by atoms with Gasteiger partial charge in [0.15, 0.2) is 0 Å². The molecule has 0 bridgehead atoms. The first-order valence-electron chi connectivity index (χ1n) is 15.2. The highest BCUT2D eigenvalue weighted by molar-refractivity contribution is 5.87. The van der Waals surface area contributed by atoms with E-state index in [0.717, 1.165) is 19.3 Å². The molecule has 0 saturated heterocycles. The Hall–Kier alpha value is -5.34. The molecule has 15 nitrogen and oxygen atoms in total. The van der Waals surface area contributed by atoms with E-state index in [1.807, 2.05) is 20.8 Å². The van der Waals surface area contributed by atoms with Crippen LogP contribution in [0.1, 0.15) is 109 Å². The van der Waals surface area contributed by atoms with Crippen LogP contribution in [0.5, 0.6) is 0 Å². The first-order chi connectivity index (χ1) is 23.1. The summed E-state index contributed by atoms with van der Waals surface area (Å²) in [6.07, 6.45) is 2.58. The van der Waals surface area contributed by atoms with Crippen LogP contribution in [0.4, 0.5) is 0 Å². The Labute approximate surface area is 277 Å². The summed E-state index contributed by atoms with van der Waals surface area (Å²) in [6.45, 7) is 10.2. The van der Waals surface area contributed by atoms with Crippen LogP contribution in [0.25, 0.3) is 0 Å². The van der Waals surface area contributed by atoms with Crippen molar-refractivity contribution in [1.29, 1.82) is 0 Å². The van der Waals surface area contributed by atoms with Crippen molar-refractivity contribution in [1.82, 2.24) is 0 Å². The summed E-state index contributed by atoms with van der Waals surface area (Å²) in [5.74, 6) is -0.600. The van der Waals surface area contributed by atoms with Crippen molar-refractivity contribution in [3.63, 3.8) is 0 Å². The highest BCUT2D eigenvalue weighted by Crippen LogP contribution is 2.13. The molecule has 0 N–H and O–H groups in total. The zero-order chi connectivity index (χ0) is 35.7. The van der Waals surface area contributed by atoms with Gasteiger partial charge < -0.3 is 41.7 Å². The predicted molar refractivity (Wildman–Crippen MR) is 164 cm³/mol. The van der Waals surface area contributed by atoms with E-state index < -0.39 is 23.9 Å². The van der Waals surface area contributed by atoms with Gasteiger partial charge in [0.2, 0.25) is 17.3 Å². The monoisotopic (exact) mass is 678 g/mol. The molecule has 0 aliphatic carbocycles. The summed E-state index contributed by atoms with van der Waals surface area (Å²) >= 11 is 0. The molecular formula is C33H42O15. The van der Waals surface area contributed by atoms with Crippen LogP contribution in [0.15, 0.2) is 49.6 Å². The summed E-state index contributed by atoms with van der Waals surface area (Å²) in [4.78, 5) is 65.3. The Morgan fingerprint density at radius 3 is 1.27 bits per heavy atom. The van der Waals surface area contributed by atoms with Gasteiger partial charge in [-0.2, -0.15) is 0 Å². The van der Waals surface area contributed by atoms with Gasteiger partial charge in [0.25, 0.3) is 6.47 Å². The molecule has 3 heterocycles. The maximum absolute atomic E-state index is 11.4. The van der Waals surface area contributed by atoms with Crippen LogP contribution < -0.4 is 0 Å². The summed E-state index contributed by atoms with van der Waals surface area (Å²) < 4.78 is 44.1. The Morgan fingerprint density at radius 1 is 0.562 bits per heavy atom. The first kappa shape index (κ1) is 40.7. The predicted octanol–water partition coefficient (Wildman–Crippen LogP) is 5.73. The lowest BCUT2D eigenvalue weighted by molar-refractivity contribution is -0.145. The van der Waals surface area contributed by atoms with Gasteiger partial charge in [-0.15, -0.1) is 0 Å². The standard InChI is InChI=1S/C12H16O5.C11H14O5.C10H12O5/c1-3-7-15-12(14)10-6-5-9(17-10)8-16-11(13)4-2;1-3-6-14-11(13)10-5-4-9(16-10)7-15-8(2)12;1-2-5-14-10(12)9-4-3-8(15-9)6-13-7-11/h5-6H,3-4,7-8H2,1-2H3;4-5H,3,6-7H2,1-2H3;3-4,7H,2,5-6H2,1H3. The highest BCUT2D eigenvalue weighted by Gasteiger charge is 2.14.